The average Bonchev–Trinajstić information content (AvgIpc) is 2.65. The fourth-order valence-electron chi connectivity index (χ4n) is 2.93. The Labute approximate surface area is 161 Å². The third-order valence-electron chi connectivity index (χ3n) is 4.37. The predicted molar refractivity (Wildman–Crippen MR) is 100 cm³/mol. The summed E-state index contributed by atoms with van der Waals surface area (Å²) in [5.41, 5.74) is 1.51. The normalized spacial score (nSPS) is 18.5. The molecular weight excluding hydrogens is 378 g/mol. The Hall–Kier alpha value is -1.82. The molecule has 2 aromatic rings. The summed E-state index contributed by atoms with van der Waals surface area (Å²) in [5.74, 6) is -0.567. The number of nitrogens with one attached hydrogen (secondary N) is 1. The number of amides is 2. The lowest BCUT2D eigenvalue weighted by atomic mass is 10.1. The smallest absolute Gasteiger partial charge is 0.318 e. The Balaban J connectivity index is 1.67. The highest BCUT2D eigenvalue weighted by Crippen LogP contribution is 2.29. The van der Waals surface area contributed by atoms with E-state index in [0.717, 1.165) is 5.56 Å². The molecule has 7 heteroatoms. The van der Waals surface area contributed by atoms with E-state index in [0.29, 0.717) is 30.3 Å². The highest BCUT2D eigenvalue weighted by molar-refractivity contribution is 6.35. The molecule has 0 radical (unpaired) electrons. The van der Waals surface area contributed by atoms with E-state index in [1.165, 1.54) is 12.1 Å². The molecule has 1 fully saturated rings. The number of morpholine rings is 1. The fourth-order valence-corrected chi connectivity index (χ4v) is 3.47. The van der Waals surface area contributed by atoms with Crippen LogP contribution in [0.4, 0.5) is 9.18 Å². The van der Waals surface area contributed by atoms with Crippen molar-refractivity contribution in [1.29, 1.82) is 0 Å². The van der Waals surface area contributed by atoms with Crippen LogP contribution in [0.2, 0.25) is 10.0 Å². The van der Waals surface area contributed by atoms with Crippen molar-refractivity contribution in [3.05, 3.63) is 69.5 Å². The van der Waals surface area contributed by atoms with E-state index in [4.69, 9.17) is 27.9 Å². The molecule has 26 heavy (non-hydrogen) atoms. The lowest BCUT2D eigenvalue weighted by molar-refractivity contribution is -0.0157. The number of halogens is 3. The molecule has 2 unspecified atom stereocenters. The first-order valence-corrected chi connectivity index (χ1v) is 9.07. The lowest BCUT2D eigenvalue weighted by Crippen LogP contribution is -2.47. The minimum atomic E-state index is -0.567. The molecule has 1 heterocycles. The molecule has 1 aliphatic rings. The van der Waals surface area contributed by atoms with Crippen molar-refractivity contribution >= 4 is 29.2 Å². The van der Waals surface area contributed by atoms with Crippen LogP contribution in [-0.4, -0.2) is 30.6 Å². The van der Waals surface area contributed by atoms with Gasteiger partial charge in [-0.2, -0.15) is 0 Å². The maximum Gasteiger partial charge on any atom is 0.318 e. The van der Waals surface area contributed by atoms with Crippen LogP contribution in [-0.2, 0) is 4.74 Å². The van der Waals surface area contributed by atoms with Gasteiger partial charge in [-0.25, -0.2) is 9.18 Å². The van der Waals surface area contributed by atoms with Gasteiger partial charge in [0.1, 0.15) is 11.9 Å². The first-order valence-electron chi connectivity index (χ1n) is 8.32. The standard InChI is InChI=1S/C19H19Cl2FN2O2/c1-12(14-9-17(22)16(21)10-15(14)20)23-19(25)24-7-8-26-18(11-24)13-5-3-2-4-6-13/h2-6,9-10,12,18H,7-8,11H2,1H3,(H,23,25). The zero-order chi connectivity index (χ0) is 18.7. The second kappa shape index (κ2) is 8.25. The van der Waals surface area contributed by atoms with Gasteiger partial charge in [-0.3, -0.25) is 0 Å². The Morgan fingerprint density at radius 2 is 2.00 bits per heavy atom. The largest absolute Gasteiger partial charge is 0.370 e. The maximum atomic E-state index is 13.7. The van der Waals surface area contributed by atoms with Gasteiger partial charge in [0.15, 0.2) is 0 Å². The minimum absolute atomic E-state index is 0.0452. The van der Waals surface area contributed by atoms with Crippen LogP contribution in [0.1, 0.15) is 30.2 Å². The summed E-state index contributed by atoms with van der Waals surface area (Å²) < 4.78 is 19.5. The highest BCUT2D eigenvalue weighted by atomic mass is 35.5. The van der Waals surface area contributed by atoms with Crippen molar-refractivity contribution in [3.63, 3.8) is 0 Å². The molecule has 2 atom stereocenters. The van der Waals surface area contributed by atoms with Crippen molar-refractivity contribution in [2.75, 3.05) is 19.7 Å². The van der Waals surface area contributed by atoms with Gasteiger partial charge in [0, 0.05) is 11.6 Å². The molecule has 0 aromatic heterocycles. The quantitative estimate of drug-likeness (QED) is 0.743. The summed E-state index contributed by atoms with van der Waals surface area (Å²) in [6, 6.07) is 11.7. The van der Waals surface area contributed by atoms with Crippen molar-refractivity contribution < 1.29 is 13.9 Å². The third-order valence-corrected chi connectivity index (χ3v) is 4.99. The molecule has 138 valence electrons. The van der Waals surface area contributed by atoms with Crippen LogP contribution >= 0.6 is 23.2 Å². The maximum absolute atomic E-state index is 13.7. The lowest BCUT2D eigenvalue weighted by Gasteiger charge is -2.34. The van der Waals surface area contributed by atoms with Crippen molar-refractivity contribution in [1.82, 2.24) is 10.2 Å². The highest BCUT2D eigenvalue weighted by Gasteiger charge is 2.26. The monoisotopic (exact) mass is 396 g/mol. The SMILES string of the molecule is CC(NC(=O)N1CCOC(c2ccccc2)C1)c1cc(F)c(Cl)cc1Cl. The van der Waals surface area contributed by atoms with Crippen LogP contribution in [0, 0.1) is 5.82 Å². The first-order chi connectivity index (χ1) is 12.5. The Bertz CT molecular complexity index is 789. The number of carbonyl (C=O) groups is 1. The molecule has 1 N–H and O–H groups in total. The van der Waals surface area contributed by atoms with Gasteiger partial charge in [0.05, 0.1) is 24.2 Å². The van der Waals surface area contributed by atoms with E-state index in [9.17, 15) is 9.18 Å². The average molecular weight is 397 g/mol. The van der Waals surface area contributed by atoms with Crippen LogP contribution < -0.4 is 5.32 Å². The fraction of sp³-hybridized carbons (Fsp3) is 0.316. The molecule has 0 spiro atoms. The zero-order valence-corrected chi connectivity index (χ0v) is 15.7. The summed E-state index contributed by atoms with van der Waals surface area (Å²) in [5, 5.41) is 3.13. The van der Waals surface area contributed by atoms with Gasteiger partial charge in [-0.05, 0) is 30.2 Å². The van der Waals surface area contributed by atoms with Crippen LogP contribution in [0.25, 0.3) is 0 Å². The van der Waals surface area contributed by atoms with Gasteiger partial charge in [-0.1, -0.05) is 53.5 Å². The van der Waals surface area contributed by atoms with Crippen LogP contribution in [0.3, 0.4) is 0 Å². The van der Waals surface area contributed by atoms with E-state index in [1.54, 1.807) is 11.8 Å². The molecule has 0 bridgehead atoms. The predicted octanol–water partition coefficient (Wildman–Crippen LogP) is 4.98. The number of hydrogen-bond acceptors (Lipinski definition) is 2. The van der Waals surface area contributed by atoms with E-state index in [1.807, 2.05) is 30.3 Å². The molecule has 3 rings (SSSR count). The van der Waals surface area contributed by atoms with Gasteiger partial charge in [0.25, 0.3) is 0 Å². The van der Waals surface area contributed by atoms with Gasteiger partial charge >= 0.3 is 6.03 Å². The molecule has 0 aliphatic carbocycles. The first kappa shape index (κ1) is 19.0. The second-order valence-electron chi connectivity index (χ2n) is 6.18. The number of benzene rings is 2. The van der Waals surface area contributed by atoms with Crippen LogP contribution in [0.15, 0.2) is 42.5 Å². The molecular formula is C19H19Cl2FN2O2. The van der Waals surface area contributed by atoms with Crippen molar-refractivity contribution in [3.8, 4) is 0 Å². The second-order valence-corrected chi connectivity index (χ2v) is 6.99. The Morgan fingerprint density at radius 1 is 1.27 bits per heavy atom. The number of urea groups is 1. The number of rotatable bonds is 3. The molecule has 1 aliphatic heterocycles. The molecule has 4 nitrogen and oxygen atoms in total. The van der Waals surface area contributed by atoms with Crippen LogP contribution in [0.5, 0.6) is 0 Å². The topological polar surface area (TPSA) is 41.6 Å². The number of nitrogens with zero attached hydrogens (tertiary/aromatic N) is 1. The summed E-state index contributed by atoms with van der Waals surface area (Å²) in [6.07, 6.45) is -0.164. The van der Waals surface area contributed by atoms with E-state index < -0.39 is 11.9 Å². The Kier molecular flexibility index (Phi) is 6.01. The molecule has 0 saturated carbocycles. The number of carbonyl (C=O) groups excluding carboxylic acids is 1. The summed E-state index contributed by atoms with van der Waals surface area (Å²) in [7, 11) is 0. The molecule has 2 aromatic carbocycles. The van der Waals surface area contributed by atoms with E-state index in [-0.39, 0.29) is 17.2 Å². The zero-order valence-electron chi connectivity index (χ0n) is 14.2. The van der Waals surface area contributed by atoms with Crippen molar-refractivity contribution in [2.24, 2.45) is 0 Å². The molecule has 1 saturated heterocycles. The molecule has 2 amide bonds. The third kappa shape index (κ3) is 4.29. The number of ether oxygens (including phenoxy) is 1. The summed E-state index contributed by atoms with van der Waals surface area (Å²) in [6.45, 7) is 3.15. The van der Waals surface area contributed by atoms with Crippen molar-refractivity contribution in [2.45, 2.75) is 19.1 Å². The summed E-state index contributed by atoms with van der Waals surface area (Å²) in [4.78, 5) is 14.3. The Morgan fingerprint density at radius 3 is 2.73 bits per heavy atom. The minimum Gasteiger partial charge on any atom is -0.370 e. The van der Waals surface area contributed by atoms with E-state index in [2.05, 4.69) is 5.32 Å². The summed E-state index contributed by atoms with van der Waals surface area (Å²) >= 11 is 11.9. The van der Waals surface area contributed by atoms with Gasteiger partial charge in [0.2, 0.25) is 0 Å². The van der Waals surface area contributed by atoms with Gasteiger partial charge in [-0.15, -0.1) is 0 Å². The van der Waals surface area contributed by atoms with E-state index >= 15 is 0 Å². The number of hydrogen-bond donors (Lipinski definition) is 1. The van der Waals surface area contributed by atoms with Gasteiger partial charge < -0.3 is 15.0 Å².